The van der Waals surface area contributed by atoms with E-state index in [0.717, 1.165) is 44.0 Å². The van der Waals surface area contributed by atoms with Crippen LogP contribution in [0.4, 0.5) is 5.82 Å². The minimum atomic E-state index is -0.144. The third-order valence-corrected chi connectivity index (χ3v) is 4.79. The quantitative estimate of drug-likeness (QED) is 0.894. The Morgan fingerprint density at radius 2 is 1.85 bits per heavy atom. The summed E-state index contributed by atoms with van der Waals surface area (Å²) >= 11 is 0. The average Bonchev–Trinajstić information content (AvgIpc) is 2.68. The van der Waals surface area contributed by atoms with Gasteiger partial charge >= 0.3 is 0 Å². The lowest BCUT2D eigenvalue weighted by molar-refractivity contribution is 0.0934. The molecule has 0 bridgehead atoms. The lowest BCUT2D eigenvalue weighted by atomic mass is 10.2. The molecule has 1 aromatic heterocycles. The van der Waals surface area contributed by atoms with Crippen LogP contribution in [0.2, 0.25) is 0 Å². The second kappa shape index (κ2) is 8.27. The molecule has 0 saturated carbocycles. The van der Waals surface area contributed by atoms with Crippen molar-refractivity contribution in [3.8, 4) is 11.4 Å². The molecular weight excluding hydrogens is 326 g/mol. The zero-order valence-corrected chi connectivity index (χ0v) is 15.8. The van der Waals surface area contributed by atoms with Crippen LogP contribution in [0.1, 0.15) is 30.8 Å². The number of anilines is 1. The van der Waals surface area contributed by atoms with Crippen LogP contribution in [0, 0.1) is 0 Å². The first-order chi connectivity index (χ1) is 12.6. The molecule has 1 atom stereocenters. The second-order valence-corrected chi connectivity index (χ2v) is 6.87. The lowest BCUT2D eigenvalue weighted by Crippen LogP contribution is -2.45. The molecule has 0 radical (unpaired) electrons. The molecule has 1 amide bonds. The molecule has 6 heteroatoms. The molecule has 3 rings (SSSR count). The minimum absolute atomic E-state index is 0.115. The van der Waals surface area contributed by atoms with Gasteiger partial charge in [0.25, 0.3) is 5.91 Å². The minimum Gasteiger partial charge on any atom is -0.354 e. The summed E-state index contributed by atoms with van der Waals surface area (Å²) < 4.78 is 0. The number of nitrogens with one attached hydrogen (secondary N) is 1. The molecule has 0 aliphatic carbocycles. The van der Waals surface area contributed by atoms with Crippen LogP contribution < -0.4 is 10.2 Å². The summed E-state index contributed by atoms with van der Waals surface area (Å²) in [5, 5.41) is 3.01. The Morgan fingerprint density at radius 1 is 1.15 bits per heavy atom. The van der Waals surface area contributed by atoms with E-state index in [1.54, 1.807) is 0 Å². The van der Waals surface area contributed by atoms with Crippen molar-refractivity contribution in [2.75, 3.05) is 38.1 Å². The molecule has 26 heavy (non-hydrogen) atoms. The number of benzene rings is 1. The van der Waals surface area contributed by atoms with Gasteiger partial charge in [0, 0.05) is 43.9 Å². The molecule has 138 valence electrons. The maximum absolute atomic E-state index is 12.7. The van der Waals surface area contributed by atoms with Crippen LogP contribution in [0.3, 0.4) is 0 Å². The van der Waals surface area contributed by atoms with E-state index < -0.39 is 0 Å². The van der Waals surface area contributed by atoms with E-state index in [9.17, 15) is 4.79 Å². The zero-order valence-electron chi connectivity index (χ0n) is 15.8. The number of carbonyl (C=O) groups excluding carboxylic acids is 1. The van der Waals surface area contributed by atoms with E-state index >= 15 is 0 Å². The van der Waals surface area contributed by atoms with E-state index in [1.165, 1.54) is 0 Å². The maximum atomic E-state index is 12.7. The Labute approximate surface area is 155 Å². The van der Waals surface area contributed by atoms with E-state index in [-0.39, 0.29) is 11.9 Å². The van der Waals surface area contributed by atoms with Gasteiger partial charge < -0.3 is 15.1 Å². The topological polar surface area (TPSA) is 61.4 Å². The van der Waals surface area contributed by atoms with Crippen LogP contribution in [0.25, 0.3) is 11.4 Å². The van der Waals surface area contributed by atoms with Gasteiger partial charge in [0.2, 0.25) is 0 Å². The SMILES string of the molecule is CCC(C)NC(=O)c1cc(N2CCN(C)CC2)nc(-c2ccccc2)n1. The standard InChI is InChI=1S/C20H27N5O/c1-4-15(2)21-20(26)17-14-18(25-12-10-24(3)11-13-25)23-19(22-17)16-8-6-5-7-9-16/h5-9,14-15H,4,10-13H2,1-3H3,(H,21,26). The highest BCUT2D eigenvalue weighted by Crippen LogP contribution is 2.21. The Balaban J connectivity index is 1.95. The van der Waals surface area contributed by atoms with Gasteiger partial charge in [-0.1, -0.05) is 37.3 Å². The summed E-state index contributed by atoms with van der Waals surface area (Å²) in [5.74, 6) is 1.27. The fourth-order valence-electron chi connectivity index (χ4n) is 2.86. The number of hydrogen-bond donors (Lipinski definition) is 1. The molecule has 2 heterocycles. The van der Waals surface area contributed by atoms with Gasteiger partial charge in [-0.3, -0.25) is 4.79 Å². The molecule has 6 nitrogen and oxygen atoms in total. The van der Waals surface area contributed by atoms with Crippen molar-refractivity contribution in [2.45, 2.75) is 26.3 Å². The van der Waals surface area contributed by atoms with Crippen molar-refractivity contribution in [2.24, 2.45) is 0 Å². The summed E-state index contributed by atoms with van der Waals surface area (Å²) in [6.07, 6.45) is 0.883. The first-order valence-corrected chi connectivity index (χ1v) is 9.25. The van der Waals surface area contributed by atoms with Crippen LogP contribution in [-0.2, 0) is 0 Å². The second-order valence-electron chi connectivity index (χ2n) is 6.87. The number of amides is 1. The van der Waals surface area contributed by atoms with Crippen LogP contribution >= 0.6 is 0 Å². The smallest absolute Gasteiger partial charge is 0.270 e. The summed E-state index contributed by atoms with van der Waals surface area (Å²) in [6.45, 7) is 7.81. The number of carbonyl (C=O) groups is 1. The summed E-state index contributed by atoms with van der Waals surface area (Å²) in [5.41, 5.74) is 1.34. The number of nitrogens with zero attached hydrogens (tertiary/aromatic N) is 4. The highest BCUT2D eigenvalue weighted by Gasteiger charge is 2.20. The number of rotatable bonds is 5. The number of likely N-dealkylation sites (N-methyl/N-ethyl adjacent to an activating group) is 1. The first-order valence-electron chi connectivity index (χ1n) is 9.25. The van der Waals surface area contributed by atoms with Gasteiger partial charge in [0.1, 0.15) is 11.5 Å². The number of aromatic nitrogens is 2. The Morgan fingerprint density at radius 3 is 2.50 bits per heavy atom. The molecule has 1 aliphatic heterocycles. The van der Waals surface area contributed by atoms with Crippen LogP contribution in [0.15, 0.2) is 36.4 Å². The molecule has 1 unspecified atom stereocenters. The highest BCUT2D eigenvalue weighted by molar-refractivity contribution is 5.93. The van der Waals surface area contributed by atoms with Crippen LogP contribution in [-0.4, -0.2) is 60.0 Å². The monoisotopic (exact) mass is 353 g/mol. The molecule has 1 N–H and O–H groups in total. The predicted molar refractivity (Wildman–Crippen MR) is 104 cm³/mol. The molecule has 1 fully saturated rings. The summed E-state index contributed by atoms with van der Waals surface area (Å²) in [7, 11) is 2.12. The molecule has 2 aromatic rings. The van der Waals surface area contributed by atoms with Crippen molar-refractivity contribution in [1.82, 2.24) is 20.2 Å². The third kappa shape index (κ3) is 4.38. The lowest BCUT2D eigenvalue weighted by Gasteiger charge is -2.33. The van der Waals surface area contributed by atoms with Gasteiger partial charge in [0.05, 0.1) is 0 Å². The summed E-state index contributed by atoms with van der Waals surface area (Å²) in [6, 6.07) is 11.8. The largest absolute Gasteiger partial charge is 0.354 e. The Hall–Kier alpha value is -2.47. The zero-order chi connectivity index (χ0) is 18.5. The normalized spacial score (nSPS) is 16.3. The Bertz CT molecular complexity index is 741. The molecule has 1 saturated heterocycles. The Kier molecular flexibility index (Phi) is 5.83. The molecule has 1 aromatic carbocycles. The van der Waals surface area contributed by atoms with E-state index in [1.807, 2.05) is 43.3 Å². The van der Waals surface area contributed by atoms with Gasteiger partial charge in [0.15, 0.2) is 5.82 Å². The van der Waals surface area contributed by atoms with Crippen molar-refractivity contribution >= 4 is 11.7 Å². The fourth-order valence-corrected chi connectivity index (χ4v) is 2.86. The van der Waals surface area contributed by atoms with Crippen molar-refractivity contribution in [3.05, 3.63) is 42.1 Å². The van der Waals surface area contributed by atoms with Crippen molar-refractivity contribution in [3.63, 3.8) is 0 Å². The molecule has 0 spiro atoms. The first kappa shape index (κ1) is 18.3. The highest BCUT2D eigenvalue weighted by atomic mass is 16.1. The molecule has 1 aliphatic rings. The van der Waals surface area contributed by atoms with Crippen molar-refractivity contribution in [1.29, 1.82) is 0 Å². The fraction of sp³-hybridized carbons (Fsp3) is 0.450. The van der Waals surface area contributed by atoms with Gasteiger partial charge in [-0.2, -0.15) is 0 Å². The van der Waals surface area contributed by atoms with Gasteiger partial charge in [-0.05, 0) is 20.4 Å². The molecular formula is C20H27N5O. The summed E-state index contributed by atoms with van der Waals surface area (Å²) in [4.78, 5) is 26.5. The van der Waals surface area contributed by atoms with Gasteiger partial charge in [-0.15, -0.1) is 0 Å². The van der Waals surface area contributed by atoms with Crippen LogP contribution in [0.5, 0.6) is 0 Å². The van der Waals surface area contributed by atoms with Crippen molar-refractivity contribution < 1.29 is 4.79 Å². The number of piperazine rings is 1. The van der Waals surface area contributed by atoms with Gasteiger partial charge in [-0.25, -0.2) is 9.97 Å². The number of hydrogen-bond acceptors (Lipinski definition) is 5. The van der Waals surface area contributed by atoms with E-state index in [4.69, 9.17) is 4.98 Å². The third-order valence-electron chi connectivity index (χ3n) is 4.79. The average molecular weight is 353 g/mol. The van der Waals surface area contributed by atoms with E-state index in [2.05, 4.69) is 34.1 Å². The predicted octanol–water partition coefficient (Wildman–Crippen LogP) is 2.42. The maximum Gasteiger partial charge on any atom is 0.270 e. The van der Waals surface area contributed by atoms with E-state index in [0.29, 0.717) is 11.5 Å².